The minimum atomic E-state index is -0.303. The van der Waals surface area contributed by atoms with Gasteiger partial charge in [-0.2, -0.15) is 0 Å². The molecular weight excluding hydrogens is 416 g/mol. The molecular formula is C27H32N2O4. The van der Waals surface area contributed by atoms with Gasteiger partial charge in [-0.3, -0.25) is 4.79 Å². The average molecular weight is 449 g/mol. The third-order valence-corrected chi connectivity index (χ3v) is 4.61. The van der Waals surface area contributed by atoms with E-state index in [1.165, 1.54) is 19.3 Å². The Morgan fingerprint density at radius 2 is 1.52 bits per heavy atom. The van der Waals surface area contributed by atoms with Crippen molar-refractivity contribution < 1.29 is 19.4 Å². The summed E-state index contributed by atoms with van der Waals surface area (Å²) in [6.45, 7) is 3.84. The number of hydrogen-bond acceptors (Lipinski definition) is 3. The molecule has 174 valence electrons. The van der Waals surface area contributed by atoms with Crippen molar-refractivity contribution in [3.05, 3.63) is 90.0 Å². The van der Waals surface area contributed by atoms with Crippen molar-refractivity contribution in [1.82, 2.24) is 0 Å². The molecule has 6 nitrogen and oxygen atoms in total. The first-order chi connectivity index (χ1) is 16.1. The predicted octanol–water partition coefficient (Wildman–Crippen LogP) is 7.04. The Morgan fingerprint density at radius 3 is 2.09 bits per heavy atom. The Hall–Kier alpha value is -3.80. The molecule has 1 aliphatic rings. The fourth-order valence-electron chi connectivity index (χ4n) is 2.80. The highest BCUT2D eigenvalue weighted by atomic mass is 16.5. The molecule has 33 heavy (non-hydrogen) atoms. The molecule has 2 amide bonds. The highest BCUT2D eigenvalue weighted by Crippen LogP contribution is 2.30. The number of para-hydroxylation sites is 2. The maximum Gasteiger partial charge on any atom is 0.323 e. The first-order valence-corrected chi connectivity index (χ1v) is 11.1. The SMILES string of the molecule is C1CC1.CCC(Oc1ccccc1NC(=O)Nc1ccc(C)cc1)c1ccccc1.O=CO. The van der Waals surface area contributed by atoms with Gasteiger partial charge in [0.1, 0.15) is 11.9 Å². The van der Waals surface area contributed by atoms with Gasteiger partial charge < -0.3 is 20.5 Å². The molecule has 3 aromatic carbocycles. The van der Waals surface area contributed by atoms with Gasteiger partial charge in [-0.05, 0) is 43.2 Å². The zero-order valence-corrected chi connectivity index (χ0v) is 19.2. The number of carbonyl (C=O) groups is 2. The van der Waals surface area contributed by atoms with Crippen molar-refractivity contribution in [3.63, 3.8) is 0 Å². The summed E-state index contributed by atoms with van der Waals surface area (Å²) in [7, 11) is 0. The molecule has 0 radical (unpaired) electrons. The summed E-state index contributed by atoms with van der Waals surface area (Å²) >= 11 is 0. The maximum absolute atomic E-state index is 12.4. The van der Waals surface area contributed by atoms with Gasteiger partial charge in [0.15, 0.2) is 0 Å². The van der Waals surface area contributed by atoms with Crippen LogP contribution in [0.5, 0.6) is 5.75 Å². The summed E-state index contributed by atoms with van der Waals surface area (Å²) in [4.78, 5) is 20.7. The molecule has 3 N–H and O–H groups in total. The van der Waals surface area contributed by atoms with E-state index in [0.717, 1.165) is 23.2 Å². The number of hydrogen-bond donors (Lipinski definition) is 3. The topological polar surface area (TPSA) is 87.7 Å². The molecule has 0 spiro atoms. The number of aryl methyl sites for hydroxylation is 1. The van der Waals surface area contributed by atoms with Crippen LogP contribution in [-0.2, 0) is 4.79 Å². The van der Waals surface area contributed by atoms with Crippen LogP contribution in [0.1, 0.15) is 49.8 Å². The minimum absolute atomic E-state index is 0.0747. The third-order valence-electron chi connectivity index (χ3n) is 4.61. The number of benzene rings is 3. The summed E-state index contributed by atoms with van der Waals surface area (Å²) in [6.07, 6.45) is 5.25. The van der Waals surface area contributed by atoms with E-state index in [2.05, 4.69) is 17.6 Å². The Labute approximate surface area is 195 Å². The number of carboxylic acid groups (broad SMARTS) is 1. The summed E-state index contributed by atoms with van der Waals surface area (Å²) in [5.74, 6) is 0.646. The number of ether oxygens (including phenoxy) is 1. The molecule has 1 saturated carbocycles. The van der Waals surface area contributed by atoms with Crippen LogP contribution in [0.15, 0.2) is 78.9 Å². The maximum atomic E-state index is 12.4. The molecule has 1 unspecified atom stereocenters. The number of anilines is 2. The lowest BCUT2D eigenvalue weighted by atomic mass is 10.1. The number of carbonyl (C=O) groups excluding carboxylic acids is 1. The van der Waals surface area contributed by atoms with Crippen LogP contribution < -0.4 is 15.4 Å². The molecule has 0 aliphatic heterocycles. The summed E-state index contributed by atoms with van der Waals surface area (Å²) in [5.41, 5.74) is 3.63. The van der Waals surface area contributed by atoms with E-state index >= 15 is 0 Å². The van der Waals surface area contributed by atoms with E-state index in [0.29, 0.717) is 11.4 Å². The van der Waals surface area contributed by atoms with E-state index in [1.807, 2.05) is 85.8 Å². The van der Waals surface area contributed by atoms with E-state index in [-0.39, 0.29) is 18.6 Å². The van der Waals surface area contributed by atoms with Gasteiger partial charge in [-0.25, -0.2) is 4.79 Å². The zero-order chi connectivity index (χ0) is 23.9. The standard InChI is InChI=1S/C23H24N2O2.C3H6.CH2O2/c1-3-21(18-9-5-4-6-10-18)27-22-12-8-7-11-20(22)25-23(26)24-19-15-13-17(2)14-16-19;1-2-3-1;2-1-3/h4-16,21H,3H2,1-2H3,(H2,24,25,26);1-3H2;1H,(H,2,3). The van der Waals surface area contributed by atoms with Gasteiger partial charge in [0, 0.05) is 5.69 Å². The molecule has 1 aliphatic carbocycles. The van der Waals surface area contributed by atoms with Crippen molar-refractivity contribution in [3.8, 4) is 5.75 Å². The van der Waals surface area contributed by atoms with Crippen molar-refractivity contribution >= 4 is 23.9 Å². The molecule has 3 aromatic rings. The smallest absolute Gasteiger partial charge is 0.323 e. The van der Waals surface area contributed by atoms with E-state index < -0.39 is 0 Å². The highest BCUT2D eigenvalue weighted by molar-refractivity contribution is 6.00. The molecule has 4 rings (SSSR count). The first kappa shape index (κ1) is 25.5. The summed E-state index contributed by atoms with van der Waals surface area (Å²) in [5, 5.41) is 12.6. The van der Waals surface area contributed by atoms with Gasteiger partial charge in [0.05, 0.1) is 5.69 Å². The first-order valence-electron chi connectivity index (χ1n) is 11.1. The quantitative estimate of drug-likeness (QED) is 0.353. The van der Waals surface area contributed by atoms with Gasteiger partial charge in [-0.15, -0.1) is 0 Å². The fourth-order valence-corrected chi connectivity index (χ4v) is 2.80. The van der Waals surface area contributed by atoms with E-state index in [1.54, 1.807) is 0 Å². The number of nitrogens with one attached hydrogen (secondary N) is 2. The second kappa shape index (κ2) is 14.3. The van der Waals surface area contributed by atoms with Crippen LogP contribution in [0, 0.1) is 6.92 Å². The Balaban J connectivity index is 0.000000567. The third kappa shape index (κ3) is 9.91. The van der Waals surface area contributed by atoms with E-state index in [9.17, 15) is 4.79 Å². The van der Waals surface area contributed by atoms with Crippen LogP contribution >= 0.6 is 0 Å². The predicted molar refractivity (Wildman–Crippen MR) is 133 cm³/mol. The van der Waals surface area contributed by atoms with Crippen molar-refractivity contribution in [1.29, 1.82) is 0 Å². The molecule has 1 fully saturated rings. The van der Waals surface area contributed by atoms with Crippen molar-refractivity contribution in [2.75, 3.05) is 10.6 Å². The largest absolute Gasteiger partial charge is 0.484 e. The number of urea groups is 1. The molecule has 0 aromatic heterocycles. The molecule has 0 heterocycles. The normalized spacial score (nSPS) is 11.9. The summed E-state index contributed by atoms with van der Waals surface area (Å²) in [6, 6.07) is 24.9. The van der Waals surface area contributed by atoms with Crippen LogP contribution in [0.25, 0.3) is 0 Å². The van der Waals surface area contributed by atoms with Gasteiger partial charge in [0.2, 0.25) is 0 Å². The summed E-state index contributed by atoms with van der Waals surface area (Å²) < 4.78 is 6.21. The number of amides is 2. The lowest BCUT2D eigenvalue weighted by Gasteiger charge is -2.20. The second-order valence-electron chi connectivity index (χ2n) is 7.53. The lowest BCUT2D eigenvalue weighted by molar-refractivity contribution is -0.122. The average Bonchev–Trinajstić information content (AvgIpc) is 3.71. The van der Waals surface area contributed by atoms with Gasteiger partial charge >= 0.3 is 6.03 Å². The zero-order valence-electron chi connectivity index (χ0n) is 19.2. The van der Waals surface area contributed by atoms with Gasteiger partial charge in [-0.1, -0.05) is 86.3 Å². The van der Waals surface area contributed by atoms with E-state index in [4.69, 9.17) is 14.6 Å². The fraction of sp³-hybridized carbons (Fsp3) is 0.259. The van der Waals surface area contributed by atoms with Crippen molar-refractivity contribution in [2.45, 2.75) is 45.6 Å². The Kier molecular flexibility index (Phi) is 11.0. The minimum Gasteiger partial charge on any atom is -0.484 e. The van der Waals surface area contributed by atoms with Crippen LogP contribution in [-0.4, -0.2) is 17.6 Å². The Bertz CT molecular complexity index is 970. The monoisotopic (exact) mass is 448 g/mol. The van der Waals surface area contributed by atoms with Crippen molar-refractivity contribution in [2.24, 2.45) is 0 Å². The molecule has 1 atom stereocenters. The number of rotatable bonds is 6. The molecule has 0 saturated heterocycles. The van der Waals surface area contributed by atoms with Gasteiger partial charge in [0.25, 0.3) is 6.47 Å². The lowest BCUT2D eigenvalue weighted by Crippen LogP contribution is -2.20. The highest BCUT2D eigenvalue weighted by Gasteiger charge is 2.14. The molecule has 0 bridgehead atoms. The second-order valence-corrected chi connectivity index (χ2v) is 7.53. The Morgan fingerprint density at radius 1 is 0.939 bits per heavy atom. The van der Waals surface area contributed by atoms with Crippen LogP contribution in [0.2, 0.25) is 0 Å². The van der Waals surface area contributed by atoms with Crippen LogP contribution in [0.4, 0.5) is 16.2 Å². The molecule has 6 heteroatoms. The van der Waals surface area contributed by atoms with Crippen LogP contribution in [0.3, 0.4) is 0 Å².